The Morgan fingerprint density at radius 3 is 2.64 bits per heavy atom. The number of thiazole rings is 1. The fourth-order valence-corrected chi connectivity index (χ4v) is 4.12. The maximum absolute atomic E-state index is 12.5. The van der Waals surface area contributed by atoms with E-state index in [1.54, 1.807) is 25.3 Å². The number of fused-ring (bicyclic) bond motifs is 1. The van der Waals surface area contributed by atoms with Gasteiger partial charge in [0, 0.05) is 23.7 Å². The lowest BCUT2D eigenvalue weighted by Crippen LogP contribution is -2.19. The van der Waals surface area contributed by atoms with Gasteiger partial charge in [-0.2, -0.15) is 4.99 Å². The summed E-state index contributed by atoms with van der Waals surface area (Å²) < 4.78 is 8.85. The first kappa shape index (κ1) is 18.6. The van der Waals surface area contributed by atoms with Crippen molar-refractivity contribution in [3.05, 3.63) is 61.3 Å². The Morgan fingerprint density at radius 1 is 1.24 bits per heavy atom. The molecule has 0 N–H and O–H groups in total. The van der Waals surface area contributed by atoms with Crippen molar-refractivity contribution in [3.8, 4) is 0 Å². The summed E-state index contributed by atoms with van der Waals surface area (Å²) in [5.41, 5.74) is 1.28. The van der Waals surface area contributed by atoms with Crippen LogP contribution in [0.3, 0.4) is 0 Å². The van der Waals surface area contributed by atoms with Crippen molar-refractivity contribution in [2.45, 2.75) is 6.54 Å². The van der Waals surface area contributed by atoms with E-state index < -0.39 is 0 Å². The van der Waals surface area contributed by atoms with Crippen molar-refractivity contribution in [2.75, 3.05) is 13.7 Å². The highest BCUT2D eigenvalue weighted by atomic mass is 79.9. The predicted octanol–water partition coefficient (Wildman–Crippen LogP) is 5.16. The van der Waals surface area contributed by atoms with E-state index in [-0.39, 0.29) is 5.91 Å². The number of hydrogen-bond acceptors (Lipinski definition) is 3. The van der Waals surface area contributed by atoms with Crippen molar-refractivity contribution in [3.63, 3.8) is 0 Å². The molecular formula is C17H13BrCl2N2O2S. The van der Waals surface area contributed by atoms with Crippen LogP contribution in [0, 0.1) is 0 Å². The number of halogens is 3. The summed E-state index contributed by atoms with van der Waals surface area (Å²) in [5.74, 6) is -0.313. The minimum atomic E-state index is -0.313. The number of amides is 1. The fraction of sp³-hybridized carbons (Fsp3) is 0.176. The zero-order valence-corrected chi connectivity index (χ0v) is 17.0. The lowest BCUT2D eigenvalue weighted by Gasteiger charge is -2.06. The largest absolute Gasteiger partial charge is 0.383 e. The molecule has 1 amide bonds. The molecule has 3 aromatic rings. The summed E-state index contributed by atoms with van der Waals surface area (Å²) in [6, 6.07) is 10.7. The molecule has 0 saturated heterocycles. The standard InChI is InChI=1S/C17H13BrCl2N2O2S/c1-24-9-8-22-15-13(7-6-12(19)14(15)20)25-17(22)21-16(23)10-2-4-11(18)5-3-10/h2-7H,8-9H2,1H3. The summed E-state index contributed by atoms with van der Waals surface area (Å²) in [6.07, 6.45) is 0. The number of nitrogens with zero attached hydrogens (tertiary/aromatic N) is 2. The van der Waals surface area contributed by atoms with E-state index in [2.05, 4.69) is 20.9 Å². The first-order chi connectivity index (χ1) is 12.0. The van der Waals surface area contributed by atoms with E-state index in [0.717, 1.165) is 14.7 Å². The molecule has 1 heterocycles. The van der Waals surface area contributed by atoms with Crippen LogP contribution in [0.5, 0.6) is 0 Å². The van der Waals surface area contributed by atoms with Crippen molar-refractivity contribution in [1.82, 2.24) is 4.57 Å². The van der Waals surface area contributed by atoms with Crippen LogP contribution in [-0.4, -0.2) is 24.2 Å². The Hall–Kier alpha value is -1.18. The topological polar surface area (TPSA) is 43.6 Å². The predicted molar refractivity (Wildman–Crippen MR) is 106 cm³/mol. The highest BCUT2D eigenvalue weighted by Gasteiger charge is 2.14. The van der Waals surface area contributed by atoms with Crippen LogP contribution in [0.2, 0.25) is 10.0 Å². The molecule has 25 heavy (non-hydrogen) atoms. The smallest absolute Gasteiger partial charge is 0.279 e. The number of rotatable bonds is 4. The van der Waals surface area contributed by atoms with Gasteiger partial charge in [0.25, 0.3) is 5.91 Å². The van der Waals surface area contributed by atoms with Crippen molar-refractivity contribution in [2.24, 2.45) is 4.99 Å². The van der Waals surface area contributed by atoms with E-state index in [1.807, 2.05) is 22.8 Å². The van der Waals surface area contributed by atoms with Gasteiger partial charge in [-0.25, -0.2) is 0 Å². The second kappa shape index (κ2) is 8.01. The summed E-state index contributed by atoms with van der Waals surface area (Å²) in [6.45, 7) is 0.983. The molecule has 8 heteroatoms. The molecule has 0 radical (unpaired) electrons. The third-order valence-electron chi connectivity index (χ3n) is 3.54. The monoisotopic (exact) mass is 458 g/mol. The zero-order chi connectivity index (χ0) is 18.0. The van der Waals surface area contributed by atoms with Crippen molar-refractivity contribution >= 4 is 66.6 Å². The first-order valence-electron chi connectivity index (χ1n) is 7.32. The van der Waals surface area contributed by atoms with Gasteiger partial charge in [-0.1, -0.05) is 50.5 Å². The molecule has 2 aromatic carbocycles. The van der Waals surface area contributed by atoms with Gasteiger partial charge in [0.1, 0.15) is 0 Å². The summed E-state index contributed by atoms with van der Waals surface area (Å²) in [5, 5.41) is 0.910. The normalized spacial score (nSPS) is 12.1. The lowest BCUT2D eigenvalue weighted by atomic mass is 10.2. The number of carbonyl (C=O) groups is 1. The summed E-state index contributed by atoms with van der Waals surface area (Å²) >= 11 is 17.3. The minimum absolute atomic E-state index is 0.313. The molecule has 0 aliphatic carbocycles. The van der Waals surface area contributed by atoms with Gasteiger partial charge in [-0.05, 0) is 36.4 Å². The molecule has 0 aliphatic heterocycles. The molecule has 0 spiro atoms. The second-order valence-electron chi connectivity index (χ2n) is 5.16. The molecule has 4 nitrogen and oxygen atoms in total. The van der Waals surface area contributed by atoms with E-state index in [9.17, 15) is 4.79 Å². The molecule has 130 valence electrons. The van der Waals surface area contributed by atoms with Gasteiger partial charge < -0.3 is 9.30 Å². The van der Waals surface area contributed by atoms with Gasteiger partial charge in [0.15, 0.2) is 4.80 Å². The lowest BCUT2D eigenvalue weighted by molar-refractivity contribution is 0.0997. The highest BCUT2D eigenvalue weighted by Crippen LogP contribution is 2.32. The van der Waals surface area contributed by atoms with Gasteiger partial charge in [0.2, 0.25) is 0 Å². The molecule has 1 aromatic heterocycles. The zero-order valence-electron chi connectivity index (χ0n) is 13.1. The summed E-state index contributed by atoms with van der Waals surface area (Å²) in [4.78, 5) is 17.4. The van der Waals surface area contributed by atoms with E-state index in [1.165, 1.54) is 11.3 Å². The Labute approximate surface area is 166 Å². The van der Waals surface area contributed by atoms with E-state index >= 15 is 0 Å². The van der Waals surface area contributed by atoms with Gasteiger partial charge in [-0.3, -0.25) is 4.79 Å². The Bertz CT molecular complexity index is 996. The molecule has 0 saturated carbocycles. The third kappa shape index (κ3) is 3.99. The number of methoxy groups -OCH3 is 1. The van der Waals surface area contributed by atoms with Crippen molar-refractivity contribution in [1.29, 1.82) is 0 Å². The van der Waals surface area contributed by atoms with Gasteiger partial charge >= 0.3 is 0 Å². The van der Waals surface area contributed by atoms with Crippen LogP contribution in [0.1, 0.15) is 10.4 Å². The number of carbonyl (C=O) groups excluding carboxylic acids is 1. The van der Waals surface area contributed by atoms with Crippen LogP contribution in [0.4, 0.5) is 0 Å². The Kier molecular flexibility index (Phi) is 5.96. The SMILES string of the molecule is COCCn1c(=NC(=O)c2ccc(Br)cc2)sc2ccc(Cl)c(Cl)c21. The molecule has 3 rings (SSSR count). The number of hydrogen-bond donors (Lipinski definition) is 0. The average Bonchev–Trinajstić information content (AvgIpc) is 2.94. The number of aromatic nitrogens is 1. The minimum Gasteiger partial charge on any atom is -0.383 e. The maximum Gasteiger partial charge on any atom is 0.279 e. The molecule has 0 atom stereocenters. The highest BCUT2D eigenvalue weighted by molar-refractivity contribution is 9.10. The van der Waals surface area contributed by atoms with Crippen LogP contribution < -0.4 is 4.80 Å². The van der Waals surface area contributed by atoms with E-state index in [4.69, 9.17) is 27.9 Å². The number of ether oxygens (including phenoxy) is 1. The fourth-order valence-electron chi connectivity index (χ4n) is 2.32. The van der Waals surface area contributed by atoms with Crippen LogP contribution >= 0.6 is 50.5 Å². The molecule has 0 fully saturated rings. The van der Waals surface area contributed by atoms with Crippen LogP contribution in [0.15, 0.2) is 45.9 Å². The first-order valence-corrected chi connectivity index (χ1v) is 9.68. The van der Waals surface area contributed by atoms with Gasteiger partial charge in [-0.15, -0.1) is 0 Å². The molecule has 0 bridgehead atoms. The van der Waals surface area contributed by atoms with Gasteiger partial charge in [0.05, 0.1) is 26.9 Å². The number of benzene rings is 2. The quantitative estimate of drug-likeness (QED) is 0.540. The second-order valence-corrected chi connectivity index (χ2v) is 7.87. The maximum atomic E-state index is 12.5. The van der Waals surface area contributed by atoms with Crippen LogP contribution in [0.25, 0.3) is 10.2 Å². The molecular weight excluding hydrogens is 447 g/mol. The third-order valence-corrected chi connectivity index (χ3v) is 5.91. The van der Waals surface area contributed by atoms with Crippen LogP contribution in [-0.2, 0) is 11.3 Å². The average molecular weight is 460 g/mol. The molecule has 0 unspecified atom stereocenters. The molecule has 0 aliphatic rings. The summed E-state index contributed by atoms with van der Waals surface area (Å²) in [7, 11) is 1.62. The van der Waals surface area contributed by atoms with E-state index in [0.29, 0.717) is 33.6 Å². The Morgan fingerprint density at radius 2 is 1.96 bits per heavy atom. The van der Waals surface area contributed by atoms with Crippen molar-refractivity contribution < 1.29 is 9.53 Å². The Balaban J connectivity index is 2.15.